The zero-order chi connectivity index (χ0) is 22.7. The highest BCUT2D eigenvalue weighted by molar-refractivity contribution is 8.10. The van der Waals surface area contributed by atoms with Crippen LogP contribution >= 0.6 is 58.4 Å². The Balaban J connectivity index is 1.41. The summed E-state index contributed by atoms with van der Waals surface area (Å²) in [7, 11) is 1.37. The average Bonchev–Trinajstić information content (AvgIpc) is 3.33. The van der Waals surface area contributed by atoms with Crippen molar-refractivity contribution in [1.82, 2.24) is 20.4 Å². The van der Waals surface area contributed by atoms with E-state index in [1.807, 2.05) is 5.41 Å². The maximum absolute atomic E-state index is 12.9. The van der Waals surface area contributed by atoms with Gasteiger partial charge in [0.25, 0.3) is 5.91 Å². The Labute approximate surface area is 204 Å². The number of amides is 2. The standard InChI is InChI=1S/C17H19N5O5S5/c1-27-21-10(9-4-28-2-3-29-9)12(23)19-11-13(24)22-5-17(15(25)26,6-30-14(11)22)7-31-16-20-18-8-32-16/h4,8,11,14H,2-3,5-7H2,1H3,(H,19,23)(H,25,26)/t11?,14-,17?/m1/s1. The van der Waals surface area contributed by atoms with E-state index >= 15 is 0 Å². The van der Waals surface area contributed by atoms with Crippen molar-refractivity contribution in [1.29, 1.82) is 0 Å². The molecular formula is C17H19N5O5S5. The Morgan fingerprint density at radius 1 is 1.47 bits per heavy atom. The molecule has 3 aliphatic rings. The highest BCUT2D eigenvalue weighted by atomic mass is 32.2. The number of carbonyl (C=O) groups excluding carboxylic acids is 2. The van der Waals surface area contributed by atoms with Crippen LogP contribution in [0.4, 0.5) is 0 Å². The third-order valence-electron chi connectivity index (χ3n) is 4.98. The van der Waals surface area contributed by atoms with Gasteiger partial charge in [-0.2, -0.15) is 0 Å². The van der Waals surface area contributed by atoms with Crippen LogP contribution in [0.2, 0.25) is 0 Å². The van der Waals surface area contributed by atoms with Crippen LogP contribution in [0.3, 0.4) is 0 Å². The molecule has 3 aliphatic heterocycles. The molecule has 0 bridgehead atoms. The zero-order valence-corrected chi connectivity index (χ0v) is 20.8. The molecule has 0 aliphatic carbocycles. The number of nitrogens with zero attached hydrogens (tertiary/aromatic N) is 4. The molecule has 0 spiro atoms. The summed E-state index contributed by atoms with van der Waals surface area (Å²) in [6.45, 7) is 0.0909. The molecule has 0 aromatic carbocycles. The van der Waals surface area contributed by atoms with E-state index in [-0.39, 0.29) is 29.3 Å². The van der Waals surface area contributed by atoms with E-state index in [1.165, 1.54) is 58.6 Å². The molecule has 2 fully saturated rings. The van der Waals surface area contributed by atoms with Gasteiger partial charge in [-0.05, 0) is 5.41 Å². The minimum Gasteiger partial charge on any atom is -0.481 e. The highest BCUT2D eigenvalue weighted by Crippen LogP contribution is 2.44. The Bertz CT molecular complexity index is 958. The van der Waals surface area contributed by atoms with Crippen molar-refractivity contribution in [2.75, 3.05) is 36.7 Å². The third kappa shape index (κ3) is 4.76. The number of thioether (sulfide) groups is 4. The van der Waals surface area contributed by atoms with Crippen molar-refractivity contribution in [3.8, 4) is 0 Å². The normalized spacial score (nSPS) is 27.8. The van der Waals surface area contributed by atoms with Crippen LogP contribution in [0.1, 0.15) is 0 Å². The number of β-lactam (4-membered cyclic amide) rings is 1. The average molecular weight is 534 g/mol. The van der Waals surface area contributed by atoms with E-state index in [9.17, 15) is 19.5 Å². The van der Waals surface area contributed by atoms with E-state index < -0.39 is 23.3 Å². The largest absolute Gasteiger partial charge is 0.481 e. The van der Waals surface area contributed by atoms with E-state index in [0.29, 0.717) is 15.0 Å². The van der Waals surface area contributed by atoms with Crippen LogP contribution in [0.15, 0.2) is 25.3 Å². The summed E-state index contributed by atoms with van der Waals surface area (Å²) >= 11 is 7.15. The number of aromatic nitrogens is 2. The van der Waals surface area contributed by atoms with Crippen molar-refractivity contribution >= 4 is 81.9 Å². The number of carboxylic acid groups (broad SMARTS) is 1. The number of hydrogen-bond acceptors (Lipinski definition) is 12. The van der Waals surface area contributed by atoms with E-state index in [0.717, 1.165) is 11.5 Å². The van der Waals surface area contributed by atoms with Gasteiger partial charge >= 0.3 is 5.97 Å². The fourth-order valence-corrected chi connectivity index (χ4v) is 8.73. The number of aliphatic carboxylic acids is 1. The quantitative estimate of drug-likeness (QED) is 0.217. The Hall–Kier alpha value is -1.42. The second-order valence-corrected chi connectivity index (χ2v) is 12.3. The van der Waals surface area contributed by atoms with Crippen LogP contribution in [0.25, 0.3) is 0 Å². The number of nitrogens with one attached hydrogen (secondary N) is 1. The molecule has 1 aromatic rings. The molecular weight excluding hydrogens is 515 g/mol. The maximum atomic E-state index is 12.9. The lowest BCUT2D eigenvalue weighted by atomic mass is 9.89. The Morgan fingerprint density at radius 2 is 2.31 bits per heavy atom. The van der Waals surface area contributed by atoms with Crippen LogP contribution in [0.5, 0.6) is 0 Å². The van der Waals surface area contributed by atoms with Crippen LogP contribution < -0.4 is 5.32 Å². The van der Waals surface area contributed by atoms with Gasteiger partial charge in [0.05, 0.1) is 0 Å². The first-order chi connectivity index (χ1) is 15.4. The first kappa shape index (κ1) is 23.7. The van der Waals surface area contributed by atoms with Crippen LogP contribution in [-0.2, 0) is 19.2 Å². The van der Waals surface area contributed by atoms with Crippen molar-refractivity contribution < 1.29 is 24.3 Å². The van der Waals surface area contributed by atoms with Gasteiger partial charge in [-0.1, -0.05) is 28.3 Å². The molecule has 32 heavy (non-hydrogen) atoms. The van der Waals surface area contributed by atoms with Gasteiger partial charge in [-0.15, -0.1) is 45.5 Å². The summed E-state index contributed by atoms with van der Waals surface area (Å²) in [4.78, 5) is 44.9. The SMILES string of the molecule is CON=C(C(=O)NC1C(=O)N2CC(CSc3nncs3)(C(=O)O)CS[C@H]12)C1=CSCCS1. The van der Waals surface area contributed by atoms with Gasteiger partial charge in [-0.3, -0.25) is 14.4 Å². The third-order valence-corrected chi connectivity index (χ3v) is 11.0. The molecule has 3 atom stereocenters. The minimum absolute atomic E-state index is 0.0909. The number of oxime groups is 1. The summed E-state index contributed by atoms with van der Waals surface area (Å²) in [5, 5.41) is 25.8. The van der Waals surface area contributed by atoms with Crippen molar-refractivity contribution in [3.05, 3.63) is 15.8 Å². The molecule has 2 unspecified atom stereocenters. The molecule has 172 valence electrons. The monoisotopic (exact) mass is 533 g/mol. The lowest BCUT2D eigenvalue weighted by Gasteiger charge is -2.53. The minimum atomic E-state index is -1.09. The molecule has 2 saturated heterocycles. The van der Waals surface area contributed by atoms with Crippen molar-refractivity contribution in [2.45, 2.75) is 15.8 Å². The topological polar surface area (TPSA) is 134 Å². The zero-order valence-electron chi connectivity index (χ0n) is 16.8. The summed E-state index contributed by atoms with van der Waals surface area (Å²) in [5.41, 5.74) is 0.645. The maximum Gasteiger partial charge on any atom is 0.313 e. The molecule has 2 N–H and O–H groups in total. The predicted molar refractivity (Wildman–Crippen MR) is 128 cm³/mol. The van der Waals surface area contributed by atoms with Gasteiger partial charge in [0, 0.05) is 34.5 Å². The van der Waals surface area contributed by atoms with E-state index in [2.05, 4.69) is 20.7 Å². The number of carbonyl (C=O) groups is 3. The molecule has 0 radical (unpaired) electrons. The lowest BCUT2D eigenvalue weighted by molar-refractivity contribution is -0.157. The summed E-state index contributed by atoms with van der Waals surface area (Å²) in [5.74, 6) is 0.694. The van der Waals surface area contributed by atoms with Gasteiger partial charge < -0.3 is 20.2 Å². The molecule has 2 amide bonds. The molecule has 10 nitrogen and oxygen atoms in total. The summed E-state index contributed by atoms with van der Waals surface area (Å²) in [6.07, 6.45) is 0. The van der Waals surface area contributed by atoms with Crippen LogP contribution in [0, 0.1) is 5.41 Å². The Kier molecular flexibility index (Phi) is 7.59. The predicted octanol–water partition coefficient (Wildman–Crippen LogP) is 1.42. The van der Waals surface area contributed by atoms with Gasteiger partial charge in [0.2, 0.25) is 5.91 Å². The lowest BCUT2D eigenvalue weighted by Crippen LogP contribution is -2.74. The highest BCUT2D eigenvalue weighted by Gasteiger charge is 2.57. The van der Waals surface area contributed by atoms with E-state index in [1.54, 1.807) is 17.3 Å². The Morgan fingerprint density at radius 3 is 2.97 bits per heavy atom. The first-order valence-electron chi connectivity index (χ1n) is 9.36. The van der Waals surface area contributed by atoms with Gasteiger partial charge in [-0.25, -0.2) is 0 Å². The van der Waals surface area contributed by atoms with Crippen molar-refractivity contribution in [3.63, 3.8) is 0 Å². The smallest absolute Gasteiger partial charge is 0.313 e. The van der Waals surface area contributed by atoms with Crippen LogP contribution in [-0.4, -0.2) is 91.8 Å². The number of hydrogen-bond donors (Lipinski definition) is 2. The van der Waals surface area contributed by atoms with E-state index in [4.69, 9.17) is 4.84 Å². The van der Waals surface area contributed by atoms with Gasteiger partial charge in [0.1, 0.15) is 29.5 Å². The second-order valence-electron chi connectivity index (χ2n) is 7.02. The molecule has 4 rings (SSSR count). The molecule has 0 saturated carbocycles. The molecule has 4 heterocycles. The summed E-state index contributed by atoms with van der Waals surface area (Å²) < 4.78 is 0.691. The number of fused-ring (bicyclic) bond motifs is 1. The number of rotatable bonds is 8. The summed E-state index contributed by atoms with van der Waals surface area (Å²) in [6, 6.07) is -0.723. The second kappa shape index (κ2) is 10.2. The number of carboxylic acids is 1. The fraction of sp³-hybridized carbons (Fsp3) is 0.529. The van der Waals surface area contributed by atoms with Gasteiger partial charge in [0.15, 0.2) is 10.1 Å². The fourth-order valence-electron chi connectivity index (χ4n) is 3.32. The van der Waals surface area contributed by atoms with Crippen molar-refractivity contribution in [2.24, 2.45) is 10.6 Å². The molecule has 15 heteroatoms. The molecule has 1 aromatic heterocycles. The first-order valence-corrected chi connectivity index (χ1v) is 14.3.